The van der Waals surface area contributed by atoms with Crippen LogP contribution in [0.2, 0.25) is 0 Å². The third-order valence-electron chi connectivity index (χ3n) is 4.65. The van der Waals surface area contributed by atoms with Crippen LogP contribution in [0.3, 0.4) is 0 Å². The number of nitrogens with zero attached hydrogens (tertiary/aromatic N) is 2. The molecule has 4 heteroatoms. The Morgan fingerprint density at radius 1 is 1.20 bits per heavy atom. The third-order valence-corrected chi connectivity index (χ3v) is 4.65. The first-order valence-electron chi connectivity index (χ1n) is 7.60. The Kier molecular flexibility index (Phi) is 4.29. The normalized spacial score (nSPS) is 27.4. The molecule has 2 rings (SSSR count). The van der Waals surface area contributed by atoms with Crippen LogP contribution in [0.25, 0.3) is 0 Å². The zero-order chi connectivity index (χ0) is 14.8. The number of amides is 1. The molecule has 0 unspecified atom stereocenters. The van der Waals surface area contributed by atoms with Crippen molar-refractivity contribution < 1.29 is 9.90 Å². The van der Waals surface area contributed by atoms with Crippen molar-refractivity contribution in [3.05, 3.63) is 0 Å². The largest absolute Gasteiger partial charge is 0.465 e. The van der Waals surface area contributed by atoms with Crippen molar-refractivity contribution in [2.24, 2.45) is 5.41 Å². The van der Waals surface area contributed by atoms with Crippen LogP contribution in [-0.2, 0) is 0 Å². The summed E-state index contributed by atoms with van der Waals surface area (Å²) in [6.07, 6.45) is 3.42. The molecule has 1 N–H and O–H groups in total. The molecule has 2 aliphatic rings. The van der Waals surface area contributed by atoms with Gasteiger partial charge in [0.25, 0.3) is 0 Å². The van der Waals surface area contributed by atoms with E-state index in [9.17, 15) is 9.90 Å². The first kappa shape index (κ1) is 15.2. The topological polar surface area (TPSA) is 43.8 Å². The van der Waals surface area contributed by atoms with Gasteiger partial charge in [0.15, 0.2) is 0 Å². The molecule has 0 bridgehead atoms. The summed E-state index contributed by atoms with van der Waals surface area (Å²) in [5.74, 6) is 6.62. The Morgan fingerprint density at radius 3 is 2.40 bits per heavy atom. The molecule has 20 heavy (non-hydrogen) atoms. The maximum atomic E-state index is 11.5. The summed E-state index contributed by atoms with van der Waals surface area (Å²) in [5.41, 5.74) is -0.696. The maximum absolute atomic E-state index is 11.5. The van der Waals surface area contributed by atoms with Crippen LogP contribution in [0, 0.1) is 17.3 Å². The number of hydrogen-bond acceptors (Lipinski definition) is 2. The zero-order valence-corrected chi connectivity index (χ0v) is 12.9. The summed E-state index contributed by atoms with van der Waals surface area (Å²) < 4.78 is 0. The fourth-order valence-electron chi connectivity index (χ4n) is 3.41. The van der Waals surface area contributed by atoms with Gasteiger partial charge in [0.2, 0.25) is 0 Å². The molecule has 112 valence electrons. The molecule has 0 spiro atoms. The molecular weight excluding hydrogens is 252 g/mol. The van der Waals surface area contributed by atoms with E-state index in [-0.39, 0.29) is 5.41 Å². The summed E-state index contributed by atoms with van der Waals surface area (Å²) in [6.45, 7) is 9.91. The van der Waals surface area contributed by atoms with Gasteiger partial charge in [0, 0.05) is 6.54 Å². The smallest absolute Gasteiger partial charge is 0.408 e. The standard InChI is InChI=1S/C16H26N2O2/c1-15(2,3)16(9-7-13-18(16)14(19)20)8-6-12-17-10-4-5-11-17/h4-5,7,9-13H2,1-3H3,(H,19,20)/t16-/m0/s1. The van der Waals surface area contributed by atoms with E-state index in [1.807, 2.05) is 0 Å². The Morgan fingerprint density at radius 2 is 1.85 bits per heavy atom. The highest BCUT2D eigenvalue weighted by molar-refractivity contribution is 5.68. The lowest BCUT2D eigenvalue weighted by Crippen LogP contribution is -2.54. The van der Waals surface area contributed by atoms with Crippen LogP contribution in [0.5, 0.6) is 0 Å². The first-order valence-corrected chi connectivity index (χ1v) is 7.60. The summed E-state index contributed by atoms with van der Waals surface area (Å²) >= 11 is 0. The van der Waals surface area contributed by atoms with Gasteiger partial charge in [-0.3, -0.25) is 9.80 Å². The SMILES string of the molecule is CC(C)(C)[C@]1(C#CCN2CCCC2)CCCN1C(=O)O. The van der Waals surface area contributed by atoms with E-state index < -0.39 is 11.6 Å². The average molecular weight is 278 g/mol. The molecule has 0 aliphatic carbocycles. The van der Waals surface area contributed by atoms with Crippen LogP contribution >= 0.6 is 0 Å². The minimum atomic E-state index is -0.840. The van der Waals surface area contributed by atoms with Gasteiger partial charge in [0.1, 0.15) is 5.54 Å². The van der Waals surface area contributed by atoms with Crippen LogP contribution in [0.4, 0.5) is 4.79 Å². The van der Waals surface area contributed by atoms with Crippen molar-refractivity contribution in [2.45, 2.75) is 52.0 Å². The Bertz CT molecular complexity index is 424. The fourth-order valence-corrected chi connectivity index (χ4v) is 3.41. The predicted molar refractivity (Wildman–Crippen MR) is 79.6 cm³/mol. The van der Waals surface area contributed by atoms with E-state index in [1.165, 1.54) is 12.8 Å². The second-order valence-corrected chi connectivity index (χ2v) is 6.93. The fraction of sp³-hybridized carbons (Fsp3) is 0.812. The molecule has 1 atom stereocenters. The number of rotatable bonds is 1. The van der Waals surface area contributed by atoms with E-state index in [0.717, 1.165) is 32.5 Å². The molecule has 0 aromatic carbocycles. The number of likely N-dealkylation sites (tertiary alicyclic amines) is 2. The molecule has 0 aromatic heterocycles. The highest BCUT2D eigenvalue weighted by atomic mass is 16.4. The van der Waals surface area contributed by atoms with Crippen molar-refractivity contribution >= 4 is 6.09 Å². The van der Waals surface area contributed by atoms with Crippen LogP contribution < -0.4 is 0 Å². The molecule has 0 aromatic rings. The molecule has 2 fully saturated rings. The Hall–Kier alpha value is -1.21. The number of hydrogen-bond donors (Lipinski definition) is 1. The van der Waals surface area contributed by atoms with Crippen molar-refractivity contribution in [3.63, 3.8) is 0 Å². The predicted octanol–water partition coefficient (Wildman–Crippen LogP) is 2.64. The van der Waals surface area contributed by atoms with Gasteiger partial charge in [-0.25, -0.2) is 4.79 Å². The zero-order valence-electron chi connectivity index (χ0n) is 12.9. The van der Waals surface area contributed by atoms with Crippen LogP contribution in [-0.4, -0.2) is 52.7 Å². The Balaban J connectivity index is 2.19. The van der Waals surface area contributed by atoms with Gasteiger partial charge in [-0.05, 0) is 44.2 Å². The van der Waals surface area contributed by atoms with Crippen LogP contribution in [0.15, 0.2) is 0 Å². The van der Waals surface area contributed by atoms with Crippen molar-refractivity contribution in [1.82, 2.24) is 9.80 Å². The molecule has 2 aliphatic heterocycles. The minimum absolute atomic E-state index is 0.167. The number of carbonyl (C=O) groups is 1. The molecule has 2 saturated heterocycles. The van der Waals surface area contributed by atoms with Gasteiger partial charge in [-0.15, -0.1) is 0 Å². The summed E-state index contributed by atoms with van der Waals surface area (Å²) in [7, 11) is 0. The van der Waals surface area contributed by atoms with E-state index in [4.69, 9.17) is 0 Å². The Labute approximate surface area is 122 Å². The maximum Gasteiger partial charge on any atom is 0.408 e. The molecule has 2 heterocycles. The highest BCUT2D eigenvalue weighted by Crippen LogP contribution is 2.43. The summed E-state index contributed by atoms with van der Waals surface area (Å²) in [4.78, 5) is 15.4. The quantitative estimate of drug-likeness (QED) is 0.750. The number of carboxylic acid groups (broad SMARTS) is 1. The summed E-state index contributed by atoms with van der Waals surface area (Å²) in [5, 5.41) is 9.47. The van der Waals surface area contributed by atoms with Gasteiger partial charge >= 0.3 is 6.09 Å². The van der Waals surface area contributed by atoms with Gasteiger partial charge in [-0.1, -0.05) is 32.6 Å². The van der Waals surface area contributed by atoms with Gasteiger partial charge < -0.3 is 5.11 Å². The monoisotopic (exact) mass is 278 g/mol. The van der Waals surface area contributed by atoms with E-state index >= 15 is 0 Å². The second kappa shape index (κ2) is 5.65. The van der Waals surface area contributed by atoms with E-state index in [2.05, 4.69) is 37.5 Å². The molecular formula is C16H26N2O2. The molecule has 0 radical (unpaired) electrons. The van der Waals surface area contributed by atoms with Crippen molar-refractivity contribution in [3.8, 4) is 11.8 Å². The average Bonchev–Trinajstić information content (AvgIpc) is 2.96. The van der Waals surface area contributed by atoms with Crippen LogP contribution in [0.1, 0.15) is 46.5 Å². The summed E-state index contributed by atoms with van der Waals surface area (Å²) in [6, 6.07) is 0. The lowest BCUT2D eigenvalue weighted by atomic mass is 9.72. The third kappa shape index (κ3) is 2.78. The molecule has 4 nitrogen and oxygen atoms in total. The highest BCUT2D eigenvalue weighted by Gasteiger charge is 2.50. The first-order chi connectivity index (χ1) is 9.37. The van der Waals surface area contributed by atoms with E-state index in [0.29, 0.717) is 6.54 Å². The van der Waals surface area contributed by atoms with Crippen molar-refractivity contribution in [1.29, 1.82) is 0 Å². The second-order valence-electron chi connectivity index (χ2n) is 6.93. The minimum Gasteiger partial charge on any atom is -0.465 e. The lowest BCUT2D eigenvalue weighted by Gasteiger charge is -2.43. The molecule has 0 saturated carbocycles. The molecule has 1 amide bonds. The van der Waals surface area contributed by atoms with Gasteiger partial charge in [-0.2, -0.15) is 0 Å². The van der Waals surface area contributed by atoms with E-state index in [1.54, 1.807) is 4.90 Å². The lowest BCUT2D eigenvalue weighted by molar-refractivity contribution is 0.0701. The van der Waals surface area contributed by atoms with Crippen molar-refractivity contribution in [2.75, 3.05) is 26.2 Å². The van der Waals surface area contributed by atoms with Gasteiger partial charge in [0.05, 0.1) is 6.54 Å².